The average Bonchev–Trinajstić information content (AvgIpc) is 2.79. The number of aryl methyl sites for hydroxylation is 2. The first-order valence-corrected chi connectivity index (χ1v) is 6.91. The van der Waals surface area contributed by atoms with E-state index in [1.165, 1.54) is 0 Å². The van der Waals surface area contributed by atoms with Crippen molar-refractivity contribution in [2.45, 2.75) is 38.8 Å². The molecule has 2 atom stereocenters. The molecule has 5 heteroatoms. The van der Waals surface area contributed by atoms with Gasteiger partial charge in [-0.2, -0.15) is 5.10 Å². The second kappa shape index (κ2) is 5.59. The predicted octanol–water partition coefficient (Wildman–Crippen LogP) is 1.97. The van der Waals surface area contributed by atoms with Gasteiger partial charge in [-0.3, -0.25) is 4.68 Å². The van der Waals surface area contributed by atoms with Crippen LogP contribution in [0.2, 0.25) is 5.15 Å². The highest BCUT2D eigenvalue weighted by Gasteiger charge is 2.26. The second-order valence-corrected chi connectivity index (χ2v) is 5.79. The zero-order valence-corrected chi connectivity index (χ0v) is 12.1. The van der Waals surface area contributed by atoms with Crippen LogP contribution < -0.4 is 0 Å². The molecule has 0 aromatic carbocycles. The number of rotatable bonds is 4. The fraction of sp³-hybridized carbons (Fsp3) is 0.769. The van der Waals surface area contributed by atoms with E-state index < -0.39 is 0 Å². The summed E-state index contributed by atoms with van der Waals surface area (Å²) in [5, 5.41) is 14.9. The van der Waals surface area contributed by atoms with Crippen LogP contribution in [-0.4, -0.2) is 39.5 Å². The van der Waals surface area contributed by atoms with Gasteiger partial charge in [-0.1, -0.05) is 18.0 Å². The molecule has 2 rings (SSSR count). The van der Waals surface area contributed by atoms with Crippen LogP contribution in [0.3, 0.4) is 0 Å². The molecular weight excluding hydrogens is 250 g/mol. The number of hydrogen-bond acceptors (Lipinski definition) is 3. The summed E-state index contributed by atoms with van der Waals surface area (Å²) in [5.41, 5.74) is 2.08. The maximum absolute atomic E-state index is 9.85. The van der Waals surface area contributed by atoms with Crippen LogP contribution in [-0.2, 0) is 13.6 Å². The number of aromatic nitrogens is 2. The van der Waals surface area contributed by atoms with Crippen molar-refractivity contribution in [3.05, 3.63) is 16.4 Å². The third-order valence-corrected chi connectivity index (χ3v) is 4.34. The van der Waals surface area contributed by atoms with E-state index in [0.29, 0.717) is 11.1 Å². The molecule has 102 valence electrons. The van der Waals surface area contributed by atoms with Crippen molar-refractivity contribution in [2.75, 3.05) is 13.6 Å². The molecule has 0 saturated heterocycles. The number of aliphatic hydroxyl groups excluding tert-OH is 1. The maximum Gasteiger partial charge on any atom is 0.131 e. The van der Waals surface area contributed by atoms with Crippen LogP contribution in [0.15, 0.2) is 0 Å². The summed E-state index contributed by atoms with van der Waals surface area (Å²) in [5.74, 6) is 0.408. The molecule has 4 nitrogen and oxygen atoms in total. The Morgan fingerprint density at radius 1 is 1.50 bits per heavy atom. The summed E-state index contributed by atoms with van der Waals surface area (Å²) in [6, 6.07) is 0. The molecule has 1 aliphatic carbocycles. The number of hydrogen-bond donors (Lipinski definition) is 1. The highest BCUT2D eigenvalue weighted by molar-refractivity contribution is 6.30. The van der Waals surface area contributed by atoms with E-state index in [1.54, 1.807) is 4.68 Å². The third-order valence-electron chi connectivity index (χ3n) is 3.86. The van der Waals surface area contributed by atoms with Gasteiger partial charge in [-0.25, -0.2) is 0 Å². The number of nitrogens with zero attached hydrogens (tertiary/aromatic N) is 3. The number of aliphatic hydroxyl groups is 1. The van der Waals surface area contributed by atoms with E-state index in [0.717, 1.165) is 43.6 Å². The predicted molar refractivity (Wildman–Crippen MR) is 72.6 cm³/mol. The summed E-state index contributed by atoms with van der Waals surface area (Å²) in [4.78, 5) is 2.23. The van der Waals surface area contributed by atoms with Gasteiger partial charge in [0.1, 0.15) is 5.15 Å². The zero-order valence-electron chi connectivity index (χ0n) is 11.4. The van der Waals surface area contributed by atoms with Gasteiger partial charge >= 0.3 is 0 Å². The van der Waals surface area contributed by atoms with Crippen molar-refractivity contribution in [3.8, 4) is 0 Å². The van der Waals surface area contributed by atoms with Crippen molar-refractivity contribution in [3.63, 3.8) is 0 Å². The Kier molecular flexibility index (Phi) is 4.30. The van der Waals surface area contributed by atoms with Crippen LogP contribution in [0.25, 0.3) is 0 Å². The van der Waals surface area contributed by atoms with Gasteiger partial charge < -0.3 is 10.0 Å². The first-order valence-electron chi connectivity index (χ1n) is 6.53. The lowest BCUT2D eigenvalue weighted by Gasteiger charge is -2.23. The van der Waals surface area contributed by atoms with Crippen LogP contribution in [0.5, 0.6) is 0 Å². The minimum absolute atomic E-state index is 0.127. The lowest BCUT2D eigenvalue weighted by Crippen LogP contribution is -2.29. The molecule has 0 bridgehead atoms. The van der Waals surface area contributed by atoms with Crippen molar-refractivity contribution in [2.24, 2.45) is 13.0 Å². The van der Waals surface area contributed by atoms with Crippen LogP contribution >= 0.6 is 11.6 Å². The molecule has 0 aliphatic heterocycles. The number of halogens is 1. The lowest BCUT2D eigenvalue weighted by atomic mass is 10.1. The van der Waals surface area contributed by atoms with E-state index in [4.69, 9.17) is 11.6 Å². The van der Waals surface area contributed by atoms with E-state index in [-0.39, 0.29) is 6.10 Å². The smallest absolute Gasteiger partial charge is 0.131 e. The zero-order chi connectivity index (χ0) is 13.3. The van der Waals surface area contributed by atoms with Crippen molar-refractivity contribution < 1.29 is 5.11 Å². The van der Waals surface area contributed by atoms with E-state index >= 15 is 0 Å². The van der Waals surface area contributed by atoms with Crippen LogP contribution in [0.4, 0.5) is 0 Å². The molecule has 0 amide bonds. The van der Waals surface area contributed by atoms with Gasteiger partial charge in [-0.05, 0) is 32.7 Å². The minimum Gasteiger partial charge on any atom is -0.393 e. The molecule has 1 heterocycles. The Hall–Kier alpha value is -0.580. The molecule has 1 aromatic rings. The topological polar surface area (TPSA) is 41.3 Å². The Balaban J connectivity index is 1.96. The second-order valence-electron chi connectivity index (χ2n) is 5.43. The summed E-state index contributed by atoms with van der Waals surface area (Å²) >= 11 is 6.23. The van der Waals surface area contributed by atoms with Gasteiger partial charge in [-0.15, -0.1) is 0 Å². The van der Waals surface area contributed by atoms with E-state index in [9.17, 15) is 5.11 Å². The van der Waals surface area contributed by atoms with E-state index in [1.807, 2.05) is 14.0 Å². The SMILES string of the molecule is Cc1nn(C)c(Cl)c1CN(C)CC1CCCC1O. The van der Waals surface area contributed by atoms with Gasteiger partial charge in [0.05, 0.1) is 11.8 Å². The first-order chi connectivity index (χ1) is 8.49. The quantitative estimate of drug-likeness (QED) is 0.910. The molecular formula is C13H22ClN3O. The third kappa shape index (κ3) is 2.87. The van der Waals surface area contributed by atoms with Gasteiger partial charge in [0.2, 0.25) is 0 Å². The van der Waals surface area contributed by atoms with Gasteiger partial charge in [0.25, 0.3) is 0 Å². The fourth-order valence-corrected chi connectivity index (χ4v) is 3.05. The Morgan fingerprint density at radius 3 is 2.72 bits per heavy atom. The van der Waals surface area contributed by atoms with Gasteiger partial charge in [0.15, 0.2) is 0 Å². The van der Waals surface area contributed by atoms with Gasteiger partial charge in [0, 0.05) is 25.7 Å². The highest BCUT2D eigenvalue weighted by atomic mass is 35.5. The maximum atomic E-state index is 9.85. The molecule has 1 aromatic heterocycles. The van der Waals surface area contributed by atoms with Crippen molar-refractivity contribution in [1.29, 1.82) is 0 Å². The molecule has 0 spiro atoms. The summed E-state index contributed by atoms with van der Waals surface area (Å²) < 4.78 is 1.71. The molecule has 1 N–H and O–H groups in total. The minimum atomic E-state index is -0.127. The monoisotopic (exact) mass is 271 g/mol. The molecule has 0 radical (unpaired) electrons. The Bertz CT molecular complexity index is 419. The summed E-state index contributed by atoms with van der Waals surface area (Å²) in [7, 11) is 3.94. The van der Waals surface area contributed by atoms with E-state index in [2.05, 4.69) is 17.0 Å². The van der Waals surface area contributed by atoms with Crippen molar-refractivity contribution >= 4 is 11.6 Å². The highest BCUT2D eigenvalue weighted by Crippen LogP contribution is 2.27. The standard InChI is InChI=1S/C13H22ClN3O/c1-9-11(13(14)17(3)15-9)8-16(2)7-10-5-4-6-12(10)18/h10,12,18H,4-8H2,1-3H3. The largest absolute Gasteiger partial charge is 0.393 e. The van der Waals surface area contributed by atoms with Crippen LogP contribution in [0.1, 0.15) is 30.5 Å². The van der Waals surface area contributed by atoms with Crippen LogP contribution in [0, 0.1) is 12.8 Å². The van der Waals surface area contributed by atoms with Crippen molar-refractivity contribution in [1.82, 2.24) is 14.7 Å². The molecule has 18 heavy (non-hydrogen) atoms. The first kappa shape index (κ1) is 13.8. The average molecular weight is 272 g/mol. The summed E-state index contributed by atoms with van der Waals surface area (Å²) in [6.45, 7) is 3.70. The summed E-state index contributed by atoms with van der Waals surface area (Å²) in [6.07, 6.45) is 3.10. The lowest BCUT2D eigenvalue weighted by molar-refractivity contribution is 0.108. The Labute approximate surface area is 114 Å². The molecule has 1 saturated carbocycles. The fourth-order valence-electron chi connectivity index (χ4n) is 2.82. The molecule has 2 unspecified atom stereocenters. The molecule has 1 fully saturated rings. The normalized spacial score (nSPS) is 24.1. The molecule has 1 aliphatic rings. The Morgan fingerprint density at radius 2 is 2.22 bits per heavy atom.